The maximum atomic E-state index is 11.3. The topological polar surface area (TPSA) is 127 Å². The molecule has 0 aromatic heterocycles. The normalized spacial score (nSPS) is 13.9. The number of nitrogens with one attached hydrogen (secondary N) is 1. The lowest BCUT2D eigenvalue weighted by Crippen LogP contribution is -2.40. The van der Waals surface area contributed by atoms with Gasteiger partial charge in [-0.25, -0.2) is 4.79 Å². The van der Waals surface area contributed by atoms with Crippen LogP contribution in [0.3, 0.4) is 0 Å². The molecule has 0 rings (SSSR count). The largest absolute Gasteiger partial charge is 0.480 e. The van der Waals surface area contributed by atoms with Crippen LogP contribution in [0.1, 0.15) is 13.3 Å². The maximum absolute atomic E-state index is 11.3. The van der Waals surface area contributed by atoms with Crippen LogP contribution in [-0.2, 0) is 20.4 Å². The van der Waals surface area contributed by atoms with E-state index in [1.165, 1.54) is 0 Å². The van der Waals surface area contributed by atoms with Crippen LogP contribution in [0, 0.1) is 0 Å². The first-order valence-corrected chi connectivity index (χ1v) is 5.46. The Hall–Kier alpha value is -1.44. The number of hydrogen-bond donors (Lipinski definition) is 3. The minimum atomic E-state index is -1.85. The molecule has 0 fully saturated rings. The van der Waals surface area contributed by atoms with Crippen molar-refractivity contribution in [2.75, 3.05) is 5.75 Å². The summed E-state index contributed by atoms with van der Waals surface area (Å²) >= 11 is 0. The van der Waals surface area contributed by atoms with E-state index in [1.54, 1.807) is 12.2 Å². The number of carboxylic acids is 1. The summed E-state index contributed by atoms with van der Waals surface area (Å²) in [4.78, 5) is 31.7. The van der Waals surface area contributed by atoms with E-state index in [9.17, 15) is 18.6 Å². The van der Waals surface area contributed by atoms with Gasteiger partial charge in [-0.1, -0.05) is 6.92 Å². The molecule has 0 aromatic carbocycles. The fraction of sp³-hybridized carbons (Fsp3) is 0.571. The molecule has 0 saturated heterocycles. The molecular formula is C7H12N2O5S. The fourth-order valence-corrected chi connectivity index (χ4v) is 2.00. The van der Waals surface area contributed by atoms with Crippen molar-refractivity contribution in [1.29, 1.82) is 0 Å². The standard InChI is InChI=1S/C7H12N2O5S/c1-2-4(6(11)12)15(14)3-5(10)9-7(8)13/h4H,2-3H2,1H3,(H,11,12)(H3,8,9,10,13). The van der Waals surface area contributed by atoms with Gasteiger partial charge in [-0.15, -0.1) is 0 Å². The Morgan fingerprint density at radius 3 is 2.33 bits per heavy atom. The summed E-state index contributed by atoms with van der Waals surface area (Å²) in [6.07, 6.45) is 0.145. The van der Waals surface area contributed by atoms with Crippen LogP contribution < -0.4 is 11.1 Å². The molecule has 3 amide bonds. The summed E-state index contributed by atoms with van der Waals surface area (Å²) in [5.74, 6) is -2.63. The van der Waals surface area contributed by atoms with Crippen molar-refractivity contribution in [1.82, 2.24) is 5.32 Å². The van der Waals surface area contributed by atoms with Gasteiger partial charge in [0.15, 0.2) is 0 Å². The highest BCUT2D eigenvalue weighted by atomic mass is 32.2. The Morgan fingerprint density at radius 2 is 2.00 bits per heavy atom. The third-order valence-electron chi connectivity index (χ3n) is 1.50. The van der Waals surface area contributed by atoms with E-state index in [2.05, 4.69) is 5.73 Å². The summed E-state index contributed by atoms with van der Waals surface area (Å²) in [5, 5.41) is 9.22. The van der Waals surface area contributed by atoms with Crippen LogP contribution in [0.15, 0.2) is 0 Å². The highest BCUT2D eigenvalue weighted by Gasteiger charge is 2.24. The second kappa shape index (κ2) is 6.12. The second-order valence-corrected chi connectivity index (χ2v) is 4.29. The van der Waals surface area contributed by atoms with Crippen molar-refractivity contribution in [2.24, 2.45) is 5.73 Å². The number of primary amides is 1. The summed E-state index contributed by atoms with van der Waals surface area (Å²) in [6, 6.07) is -1.06. The van der Waals surface area contributed by atoms with E-state index in [4.69, 9.17) is 5.11 Å². The van der Waals surface area contributed by atoms with Crippen LogP contribution in [-0.4, -0.2) is 38.2 Å². The van der Waals surface area contributed by atoms with Crippen LogP contribution in [0.2, 0.25) is 0 Å². The molecular weight excluding hydrogens is 224 g/mol. The van der Waals surface area contributed by atoms with E-state index in [0.29, 0.717) is 0 Å². The first-order chi connectivity index (χ1) is 6.88. The lowest BCUT2D eigenvalue weighted by molar-refractivity contribution is -0.136. The van der Waals surface area contributed by atoms with E-state index in [-0.39, 0.29) is 6.42 Å². The number of imide groups is 1. The van der Waals surface area contributed by atoms with Gasteiger partial charge in [0.05, 0.1) is 0 Å². The molecule has 0 aliphatic rings. The van der Waals surface area contributed by atoms with Gasteiger partial charge in [0.1, 0.15) is 11.0 Å². The number of rotatable bonds is 5. The summed E-state index contributed by atoms with van der Waals surface area (Å²) in [7, 11) is -1.85. The van der Waals surface area contributed by atoms with Crippen LogP contribution in [0.25, 0.3) is 0 Å². The van der Waals surface area contributed by atoms with Crippen LogP contribution in [0.5, 0.6) is 0 Å². The Labute approximate surface area is 88.5 Å². The lowest BCUT2D eigenvalue weighted by Gasteiger charge is -2.08. The molecule has 7 nitrogen and oxygen atoms in total. The smallest absolute Gasteiger partial charge is 0.319 e. The van der Waals surface area contributed by atoms with Crippen LogP contribution >= 0.6 is 0 Å². The number of carbonyl (C=O) groups is 3. The van der Waals surface area contributed by atoms with Gasteiger partial charge in [0, 0.05) is 10.8 Å². The van der Waals surface area contributed by atoms with E-state index in [0.717, 1.165) is 0 Å². The molecule has 2 atom stereocenters. The zero-order chi connectivity index (χ0) is 12.0. The molecule has 0 radical (unpaired) electrons. The predicted octanol–water partition coefficient (Wildman–Crippen LogP) is -1.21. The van der Waals surface area contributed by atoms with Crippen molar-refractivity contribution in [3.05, 3.63) is 0 Å². The molecule has 0 bridgehead atoms. The van der Waals surface area contributed by atoms with E-state index in [1.807, 2.05) is 0 Å². The van der Waals surface area contributed by atoms with E-state index < -0.39 is 39.7 Å². The molecule has 86 valence electrons. The molecule has 0 aliphatic heterocycles. The Balaban J connectivity index is 4.28. The van der Waals surface area contributed by atoms with Crippen LogP contribution in [0.4, 0.5) is 4.79 Å². The third-order valence-corrected chi connectivity index (χ3v) is 3.22. The van der Waals surface area contributed by atoms with Crippen molar-refractivity contribution in [2.45, 2.75) is 18.6 Å². The zero-order valence-corrected chi connectivity index (χ0v) is 8.87. The highest BCUT2D eigenvalue weighted by molar-refractivity contribution is 7.87. The molecule has 0 spiro atoms. The predicted molar refractivity (Wildman–Crippen MR) is 52.5 cm³/mol. The first kappa shape index (κ1) is 13.6. The second-order valence-electron chi connectivity index (χ2n) is 2.67. The molecule has 15 heavy (non-hydrogen) atoms. The van der Waals surface area contributed by atoms with Crippen molar-refractivity contribution >= 4 is 28.7 Å². The highest BCUT2D eigenvalue weighted by Crippen LogP contribution is 2.02. The number of carbonyl (C=O) groups excluding carboxylic acids is 2. The van der Waals surface area contributed by atoms with Gasteiger partial charge >= 0.3 is 12.0 Å². The molecule has 0 aromatic rings. The van der Waals surface area contributed by atoms with Crippen molar-refractivity contribution < 1.29 is 23.7 Å². The van der Waals surface area contributed by atoms with Crippen molar-refractivity contribution in [3.8, 4) is 0 Å². The SMILES string of the molecule is CCC(C(=O)O)S(=O)CC(=O)NC(N)=O. The van der Waals surface area contributed by atoms with Gasteiger partial charge < -0.3 is 10.8 Å². The molecule has 0 saturated carbocycles. The minimum Gasteiger partial charge on any atom is -0.480 e. The summed E-state index contributed by atoms with van der Waals surface area (Å²) in [6.45, 7) is 1.54. The van der Waals surface area contributed by atoms with E-state index >= 15 is 0 Å². The zero-order valence-electron chi connectivity index (χ0n) is 8.06. The molecule has 0 heterocycles. The number of carboxylic acid groups (broad SMARTS) is 1. The Morgan fingerprint density at radius 1 is 1.47 bits per heavy atom. The van der Waals surface area contributed by atoms with Crippen molar-refractivity contribution in [3.63, 3.8) is 0 Å². The molecule has 0 aliphatic carbocycles. The molecule has 4 N–H and O–H groups in total. The number of nitrogens with two attached hydrogens (primary N) is 1. The minimum absolute atomic E-state index is 0.145. The third kappa shape index (κ3) is 5.11. The Bertz CT molecular complexity index is 304. The number of hydrogen-bond acceptors (Lipinski definition) is 4. The molecule has 8 heteroatoms. The maximum Gasteiger partial charge on any atom is 0.319 e. The molecule has 2 unspecified atom stereocenters. The fourth-order valence-electron chi connectivity index (χ4n) is 0.876. The van der Waals surface area contributed by atoms with Gasteiger partial charge in [-0.2, -0.15) is 0 Å². The number of urea groups is 1. The summed E-state index contributed by atoms with van der Waals surface area (Å²) in [5.41, 5.74) is 4.65. The average Bonchev–Trinajstić information content (AvgIpc) is 2.01. The first-order valence-electron chi connectivity index (χ1n) is 4.07. The van der Waals surface area contributed by atoms with Gasteiger partial charge in [-0.3, -0.25) is 19.1 Å². The summed E-state index contributed by atoms with van der Waals surface area (Å²) < 4.78 is 11.3. The number of amides is 3. The van der Waals surface area contributed by atoms with Gasteiger partial charge in [0.2, 0.25) is 5.91 Å². The lowest BCUT2D eigenvalue weighted by atomic mass is 10.3. The van der Waals surface area contributed by atoms with Gasteiger partial charge in [-0.05, 0) is 6.42 Å². The average molecular weight is 236 g/mol. The van der Waals surface area contributed by atoms with Gasteiger partial charge in [0.25, 0.3) is 0 Å². The quantitative estimate of drug-likeness (QED) is 0.552. The monoisotopic (exact) mass is 236 g/mol. The number of aliphatic carboxylic acids is 1. The Kier molecular flexibility index (Phi) is 5.53.